The first-order valence-corrected chi connectivity index (χ1v) is 8.39. The van der Waals surface area contributed by atoms with Crippen LogP contribution < -0.4 is 0 Å². The third-order valence-corrected chi connectivity index (χ3v) is 2.88. The van der Waals surface area contributed by atoms with Crippen LogP contribution in [0.4, 0.5) is 0 Å². The molecule has 3 nitrogen and oxygen atoms in total. The highest BCUT2D eigenvalue weighted by Gasteiger charge is 1.88. The average molecular weight is 319 g/mol. The van der Waals surface area contributed by atoms with Crippen molar-refractivity contribution in [2.24, 2.45) is 0 Å². The van der Waals surface area contributed by atoms with E-state index in [1.54, 1.807) is 12.4 Å². The highest BCUT2D eigenvalue weighted by atomic mass is 14.7. The summed E-state index contributed by atoms with van der Waals surface area (Å²) in [4.78, 5) is 12.4. The fraction of sp³-hybridized carbons (Fsp3) is 0.190. The first-order valence-electron chi connectivity index (χ1n) is 8.39. The van der Waals surface area contributed by atoms with Gasteiger partial charge in [0.2, 0.25) is 0 Å². The molecule has 124 valence electrons. The minimum absolute atomic E-state index is 0.949. The Bertz CT molecular complexity index is 626. The number of rotatable bonds is 0. The monoisotopic (exact) mass is 319 g/mol. The van der Waals surface area contributed by atoms with Gasteiger partial charge in [0.05, 0.1) is 16.6 Å². The quantitative estimate of drug-likeness (QED) is 0.404. The number of benzene rings is 1. The zero-order valence-electron chi connectivity index (χ0n) is 14.8. The molecule has 0 unspecified atom stereocenters. The summed E-state index contributed by atoms with van der Waals surface area (Å²) >= 11 is 0. The molecule has 0 amide bonds. The number of fused-ring (bicyclic) bond motifs is 2. The summed E-state index contributed by atoms with van der Waals surface area (Å²) in [5.41, 5.74) is 2.96. The van der Waals surface area contributed by atoms with Crippen LogP contribution in [0.1, 0.15) is 27.7 Å². The van der Waals surface area contributed by atoms with Crippen LogP contribution >= 0.6 is 0 Å². The lowest BCUT2D eigenvalue weighted by atomic mass is 10.2. The van der Waals surface area contributed by atoms with E-state index in [4.69, 9.17) is 0 Å². The Morgan fingerprint density at radius 3 is 1.38 bits per heavy atom. The molecule has 0 aliphatic rings. The molecule has 0 N–H and O–H groups in total. The van der Waals surface area contributed by atoms with Gasteiger partial charge in [-0.3, -0.25) is 15.0 Å². The van der Waals surface area contributed by atoms with Crippen molar-refractivity contribution in [3.05, 3.63) is 79.3 Å². The maximum atomic E-state index is 4.18. The molecule has 0 spiro atoms. The van der Waals surface area contributed by atoms with Crippen molar-refractivity contribution in [3.63, 3.8) is 0 Å². The van der Waals surface area contributed by atoms with Gasteiger partial charge in [0.15, 0.2) is 0 Å². The van der Waals surface area contributed by atoms with Gasteiger partial charge >= 0.3 is 0 Å². The molecular formula is C21H25N3. The van der Waals surface area contributed by atoms with E-state index in [0.29, 0.717) is 0 Å². The van der Waals surface area contributed by atoms with E-state index in [9.17, 15) is 0 Å². The number of aromatic nitrogens is 3. The predicted molar refractivity (Wildman–Crippen MR) is 104 cm³/mol. The summed E-state index contributed by atoms with van der Waals surface area (Å²) in [6, 6.07) is 19.7. The molecule has 0 atom stereocenters. The first-order chi connectivity index (χ1) is 11.9. The van der Waals surface area contributed by atoms with E-state index in [0.717, 1.165) is 16.6 Å². The lowest BCUT2D eigenvalue weighted by Crippen LogP contribution is -1.78. The second-order valence-electron chi connectivity index (χ2n) is 4.24. The summed E-state index contributed by atoms with van der Waals surface area (Å²) in [6.45, 7) is 8.00. The van der Waals surface area contributed by atoms with Gasteiger partial charge in [0, 0.05) is 24.0 Å². The lowest BCUT2D eigenvalue weighted by Gasteiger charge is -1.91. The van der Waals surface area contributed by atoms with Crippen LogP contribution in [0.3, 0.4) is 0 Å². The van der Waals surface area contributed by atoms with E-state index in [1.807, 2.05) is 82.4 Å². The predicted octanol–water partition coefficient (Wildman–Crippen LogP) is 5.92. The van der Waals surface area contributed by atoms with Crippen LogP contribution in [0.2, 0.25) is 0 Å². The van der Waals surface area contributed by atoms with Crippen molar-refractivity contribution in [1.82, 2.24) is 15.0 Å². The Labute approximate surface area is 144 Å². The van der Waals surface area contributed by atoms with Gasteiger partial charge in [-0.15, -0.1) is 0 Å². The minimum atomic E-state index is 0.949. The van der Waals surface area contributed by atoms with Crippen molar-refractivity contribution in [2.45, 2.75) is 27.7 Å². The molecule has 3 heterocycles. The normalized spacial score (nSPS) is 8.83. The van der Waals surface area contributed by atoms with E-state index in [1.165, 1.54) is 5.39 Å². The Morgan fingerprint density at radius 1 is 0.458 bits per heavy atom. The molecule has 0 saturated carbocycles. The molecule has 24 heavy (non-hydrogen) atoms. The van der Waals surface area contributed by atoms with Crippen LogP contribution in [-0.2, 0) is 0 Å². The first kappa shape index (κ1) is 19.2. The molecule has 0 fully saturated rings. The average Bonchev–Trinajstić information content (AvgIpc) is 2.72. The highest BCUT2D eigenvalue weighted by molar-refractivity contribution is 5.77. The molecule has 0 radical (unpaired) electrons. The van der Waals surface area contributed by atoms with Gasteiger partial charge in [0.1, 0.15) is 0 Å². The zero-order chi connectivity index (χ0) is 17.6. The molecule has 0 aliphatic heterocycles. The number of hydrogen-bond donors (Lipinski definition) is 0. The molecule has 3 aromatic heterocycles. The van der Waals surface area contributed by atoms with E-state index in [-0.39, 0.29) is 0 Å². The Morgan fingerprint density at radius 2 is 0.833 bits per heavy atom. The molecular weight excluding hydrogens is 294 g/mol. The summed E-state index contributed by atoms with van der Waals surface area (Å²) in [7, 11) is 0. The maximum absolute atomic E-state index is 4.18. The number of nitrogens with zero attached hydrogens (tertiary/aromatic N) is 3. The van der Waals surface area contributed by atoms with Gasteiger partial charge in [-0.25, -0.2) is 0 Å². The molecule has 3 heteroatoms. The van der Waals surface area contributed by atoms with Gasteiger partial charge < -0.3 is 0 Å². The summed E-state index contributed by atoms with van der Waals surface area (Å²) in [5.74, 6) is 0. The fourth-order valence-corrected chi connectivity index (χ4v) is 1.92. The Balaban J connectivity index is 0.000000199. The summed E-state index contributed by atoms with van der Waals surface area (Å²) < 4.78 is 0. The van der Waals surface area contributed by atoms with Crippen molar-refractivity contribution in [2.75, 3.05) is 0 Å². The summed E-state index contributed by atoms with van der Waals surface area (Å²) in [6.07, 6.45) is 5.34. The van der Waals surface area contributed by atoms with E-state index < -0.39 is 0 Å². The van der Waals surface area contributed by atoms with Crippen LogP contribution in [-0.4, -0.2) is 15.0 Å². The van der Waals surface area contributed by atoms with Gasteiger partial charge in [-0.1, -0.05) is 52.0 Å². The SMILES string of the molecule is CC.CC.c1ccc2ncccc2c1.c1cnc2cccnc2c1. The van der Waals surface area contributed by atoms with Gasteiger partial charge in [0.25, 0.3) is 0 Å². The van der Waals surface area contributed by atoms with Gasteiger partial charge in [-0.05, 0) is 36.4 Å². The third-order valence-electron chi connectivity index (χ3n) is 2.88. The molecule has 4 aromatic rings. The smallest absolute Gasteiger partial charge is 0.0886 e. The standard InChI is InChI=1S/C9H7N.C8H6N2.2C2H6/c1-2-6-9-8(4-1)5-3-7-10-9;1-3-7-8(9-5-1)4-2-6-10-7;2*1-2/h1-7H;1-6H;2*1-2H3. The maximum Gasteiger partial charge on any atom is 0.0886 e. The minimum Gasteiger partial charge on any atom is -0.256 e. The number of hydrogen-bond acceptors (Lipinski definition) is 3. The van der Waals surface area contributed by atoms with Crippen LogP contribution in [0.5, 0.6) is 0 Å². The van der Waals surface area contributed by atoms with Crippen molar-refractivity contribution < 1.29 is 0 Å². The molecule has 0 aliphatic carbocycles. The van der Waals surface area contributed by atoms with E-state index in [2.05, 4.69) is 27.1 Å². The van der Waals surface area contributed by atoms with E-state index >= 15 is 0 Å². The van der Waals surface area contributed by atoms with Crippen molar-refractivity contribution in [3.8, 4) is 0 Å². The molecule has 1 aromatic carbocycles. The van der Waals surface area contributed by atoms with Crippen LogP contribution in [0.15, 0.2) is 79.3 Å². The van der Waals surface area contributed by atoms with Gasteiger partial charge in [-0.2, -0.15) is 0 Å². The molecule has 0 bridgehead atoms. The lowest BCUT2D eigenvalue weighted by molar-refractivity contribution is 1.34. The topological polar surface area (TPSA) is 38.7 Å². The summed E-state index contributed by atoms with van der Waals surface area (Å²) in [5, 5.41) is 1.20. The fourth-order valence-electron chi connectivity index (χ4n) is 1.92. The Kier molecular flexibility index (Phi) is 9.39. The number of pyridine rings is 3. The second-order valence-corrected chi connectivity index (χ2v) is 4.24. The van der Waals surface area contributed by atoms with Crippen molar-refractivity contribution in [1.29, 1.82) is 0 Å². The Hall–Kier alpha value is -2.81. The van der Waals surface area contributed by atoms with Crippen molar-refractivity contribution >= 4 is 21.9 Å². The van der Waals surface area contributed by atoms with Crippen LogP contribution in [0.25, 0.3) is 21.9 Å². The second kappa shape index (κ2) is 11.7. The highest BCUT2D eigenvalue weighted by Crippen LogP contribution is 2.08. The van der Waals surface area contributed by atoms with Crippen LogP contribution in [0, 0.1) is 0 Å². The third kappa shape index (κ3) is 5.76. The molecule has 0 saturated heterocycles. The molecule has 4 rings (SSSR count). The zero-order valence-corrected chi connectivity index (χ0v) is 14.8. The largest absolute Gasteiger partial charge is 0.256 e. The number of para-hydroxylation sites is 1.